The van der Waals surface area contributed by atoms with E-state index in [1.807, 2.05) is 37.3 Å². The van der Waals surface area contributed by atoms with Crippen molar-refractivity contribution >= 4 is 11.9 Å². The average molecular weight is 350 g/mol. The van der Waals surface area contributed by atoms with Gasteiger partial charge in [-0.25, -0.2) is 4.79 Å². The summed E-state index contributed by atoms with van der Waals surface area (Å²) in [4.78, 5) is 26.6. The third-order valence-corrected chi connectivity index (χ3v) is 4.38. The lowest BCUT2D eigenvalue weighted by molar-refractivity contribution is -0.131. The van der Waals surface area contributed by atoms with Gasteiger partial charge in [0.1, 0.15) is 17.9 Å². The Hall–Kier alpha value is -3.08. The minimum atomic E-state index is -1.08. The van der Waals surface area contributed by atoms with Gasteiger partial charge in [0.15, 0.2) is 0 Å². The second-order valence-corrected chi connectivity index (χ2v) is 6.70. The predicted molar refractivity (Wildman–Crippen MR) is 99.6 cm³/mol. The van der Waals surface area contributed by atoms with Gasteiger partial charge in [-0.1, -0.05) is 49.0 Å². The second-order valence-electron chi connectivity index (χ2n) is 6.70. The van der Waals surface area contributed by atoms with E-state index in [0.717, 1.165) is 11.1 Å². The zero-order valence-electron chi connectivity index (χ0n) is 15.0. The molecule has 1 N–H and O–H groups in total. The molecular weight excluding hydrogens is 328 g/mol. The fourth-order valence-corrected chi connectivity index (χ4v) is 2.89. The van der Waals surface area contributed by atoms with Gasteiger partial charge in [0.05, 0.1) is 6.54 Å². The first-order valence-electron chi connectivity index (χ1n) is 8.46. The largest absolute Gasteiger partial charge is 0.489 e. The standard InChI is InChI=1S/C21H22N2O3/c1-15(2)14-26-18-11-9-17(10-12-18)21(3)19(24)23(20(25)22-21)13-16-7-5-4-6-8-16/h4-12H,1,13-14H2,2-3H3,(H,22,25). The van der Waals surface area contributed by atoms with E-state index in [0.29, 0.717) is 17.9 Å². The molecule has 1 saturated heterocycles. The first kappa shape index (κ1) is 17.7. The number of ether oxygens (including phenoxy) is 1. The maximum absolute atomic E-state index is 12.9. The normalized spacial score (nSPS) is 19.4. The first-order chi connectivity index (χ1) is 12.4. The van der Waals surface area contributed by atoms with Crippen molar-refractivity contribution in [3.8, 4) is 5.75 Å². The van der Waals surface area contributed by atoms with E-state index in [9.17, 15) is 9.59 Å². The number of urea groups is 1. The SMILES string of the molecule is C=C(C)COc1ccc(C2(C)NC(=O)N(Cc3ccccc3)C2=O)cc1. The molecule has 3 rings (SSSR count). The molecule has 2 aromatic carbocycles. The highest BCUT2D eigenvalue weighted by molar-refractivity contribution is 6.07. The number of imide groups is 1. The van der Waals surface area contributed by atoms with Crippen molar-refractivity contribution in [2.45, 2.75) is 25.9 Å². The molecule has 0 aromatic heterocycles. The summed E-state index contributed by atoms with van der Waals surface area (Å²) in [6.45, 7) is 8.11. The van der Waals surface area contributed by atoms with Gasteiger partial charge in [-0.15, -0.1) is 0 Å². The van der Waals surface area contributed by atoms with Crippen LogP contribution in [0.15, 0.2) is 66.7 Å². The summed E-state index contributed by atoms with van der Waals surface area (Å²) >= 11 is 0. The second kappa shape index (κ2) is 7.04. The van der Waals surface area contributed by atoms with E-state index < -0.39 is 5.54 Å². The molecule has 0 aliphatic carbocycles. The molecule has 1 atom stereocenters. The van der Waals surface area contributed by atoms with Gasteiger partial charge in [-0.2, -0.15) is 0 Å². The molecule has 0 radical (unpaired) electrons. The van der Waals surface area contributed by atoms with Crippen LogP contribution in [0.5, 0.6) is 5.75 Å². The van der Waals surface area contributed by atoms with Gasteiger partial charge >= 0.3 is 6.03 Å². The molecule has 1 fully saturated rings. The minimum Gasteiger partial charge on any atom is -0.489 e. The van der Waals surface area contributed by atoms with E-state index in [1.165, 1.54) is 4.90 Å². The lowest BCUT2D eigenvalue weighted by Gasteiger charge is -2.22. The highest BCUT2D eigenvalue weighted by atomic mass is 16.5. The predicted octanol–water partition coefficient (Wildman–Crippen LogP) is 3.61. The molecule has 0 bridgehead atoms. The Morgan fingerprint density at radius 3 is 2.38 bits per heavy atom. The van der Waals surface area contributed by atoms with Crippen molar-refractivity contribution in [2.24, 2.45) is 0 Å². The number of hydrogen-bond acceptors (Lipinski definition) is 3. The quantitative estimate of drug-likeness (QED) is 0.639. The van der Waals surface area contributed by atoms with Crippen LogP contribution in [-0.4, -0.2) is 23.4 Å². The Kier molecular flexibility index (Phi) is 4.80. The number of nitrogens with zero attached hydrogens (tertiary/aromatic N) is 1. The highest BCUT2D eigenvalue weighted by Crippen LogP contribution is 2.31. The lowest BCUT2D eigenvalue weighted by atomic mass is 9.92. The molecule has 26 heavy (non-hydrogen) atoms. The summed E-state index contributed by atoms with van der Waals surface area (Å²) in [5.41, 5.74) is 1.47. The fraction of sp³-hybridized carbons (Fsp3) is 0.238. The minimum absolute atomic E-state index is 0.251. The van der Waals surface area contributed by atoms with E-state index >= 15 is 0 Å². The van der Waals surface area contributed by atoms with Crippen molar-refractivity contribution in [3.05, 3.63) is 77.9 Å². The highest BCUT2D eigenvalue weighted by Gasteiger charge is 2.48. The van der Waals surface area contributed by atoms with Crippen LogP contribution in [0.4, 0.5) is 4.79 Å². The van der Waals surface area contributed by atoms with Gasteiger partial charge in [0, 0.05) is 0 Å². The molecule has 1 unspecified atom stereocenters. The maximum atomic E-state index is 12.9. The zero-order chi connectivity index (χ0) is 18.7. The number of benzene rings is 2. The molecular formula is C21H22N2O3. The molecule has 1 aliphatic rings. The summed E-state index contributed by atoms with van der Waals surface area (Å²) in [7, 11) is 0. The molecule has 1 aliphatic heterocycles. The summed E-state index contributed by atoms with van der Waals surface area (Å²) in [5, 5.41) is 2.82. The van der Waals surface area contributed by atoms with Gasteiger partial charge in [-0.05, 0) is 42.7 Å². The van der Waals surface area contributed by atoms with Crippen LogP contribution in [0, 0.1) is 0 Å². The topological polar surface area (TPSA) is 58.6 Å². The number of hydrogen-bond donors (Lipinski definition) is 1. The number of nitrogens with one attached hydrogen (secondary N) is 1. The fourth-order valence-electron chi connectivity index (χ4n) is 2.89. The summed E-state index contributed by atoms with van der Waals surface area (Å²) in [6, 6.07) is 16.3. The van der Waals surface area contributed by atoms with Crippen molar-refractivity contribution in [3.63, 3.8) is 0 Å². The third kappa shape index (κ3) is 3.47. The van der Waals surface area contributed by atoms with Crippen molar-refractivity contribution < 1.29 is 14.3 Å². The Bertz CT molecular complexity index is 830. The van der Waals surface area contributed by atoms with Crippen LogP contribution in [0.1, 0.15) is 25.0 Å². The van der Waals surface area contributed by atoms with E-state index in [1.54, 1.807) is 31.2 Å². The number of carbonyl (C=O) groups is 2. The first-order valence-corrected chi connectivity index (χ1v) is 8.46. The Balaban J connectivity index is 1.78. The summed E-state index contributed by atoms with van der Waals surface area (Å²) in [6.07, 6.45) is 0. The molecule has 5 nitrogen and oxygen atoms in total. The monoisotopic (exact) mass is 350 g/mol. The molecule has 0 saturated carbocycles. The van der Waals surface area contributed by atoms with Gasteiger partial charge in [-0.3, -0.25) is 9.69 Å². The molecule has 3 amide bonds. The molecule has 1 heterocycles. The summed E-state index contributed by atoms with van der Waals surface area (Å²) in [5.74, 6) is 0.431. The summed E-state index contributed by atoms with van der Waals surface area (Å²) < 4.78 is 5.58. The smallest absolute Gasteiger partial charge is 0.325 e. The molecule has 5 heteroatoms. The van der Waals surface area contributed by atoms with Crippen LogP contribution in [0.3, 0.4) is 0 Å². The number of rotatable bonds is 6. The molecule has 2 aromatic rings. The Morgan fingerprint density at radius 1 is 1.12 bits per heavy atom. The lowest BCUT2D eigenvalue weighted by Crippen LogP contribution is -2.40. The number of carbonyl (C=O) groups excluding carboxylic acids is 2. The van der Waals surface area contributed by atoms with Crippen LogP contribution in [0.2, 0.25) is 0 Å². The van der Waals surface area contributed by atoms with Gasteiger partial charge in [0.2, 0.25) is 0 Å². The average Bonchev–Trinajstić information content (AvgIpc) is 2.85. The van der Waals surface area contributed by atoms with Crippen LogP contribution in [-0.2, 0) is 16.9 Å². The van der Waals surface area contributed by atoms with Crippen molar-refractivity contribution in [1.82, 2.24) is 10.2 Å². The van der Waals surface area contributed by atoms with E-state index in [2.05, 4.69) is 11.9 Å². The van der Waals surface area contributed by atoms with Gasteiger partial charge in [0.25, 0.3) is 5.91 Å². The zero-order valence-corrected chi connectivity index (χ0v) is 15.0. The van der Waals surface area contributed by atoms with Crippen LogP contribution < -0.4 is 10.1 Å². The number of amides is 3. The van der Waals surface area contributed by atoms with Crippen LogP contribution in [0.25, 0.3) is 0 Å². The van der Waals surface area contributed by atoms with E-state index in [-0.39, 0.29) is 18.5 Å². The Morgan fingerprint density at radius 2 is 1.77 bits per heavy atom. The van der Waals surface area contributed by atoms with Crippen LogP contribution >= 0.6 is 0 Å². The van der Waals surface area contributed by atoms with Gasteiger partial charge < -0.3 is 10.1 Å². The maximum Gasteiger partial charge on any atom is 0.325 e. The van der Waals surface area contributed by atoms with Crippen molar-refractivity contribution in [2.75, 3.05) is 6.61 Å². The van der Waals surface area contributed by atoms with E-state index in [4.69, 9.17) is 4.74 Å². The van der Waals surface area contributed by atoms with Crippen molar-refractivity contribution in [1.29, 1.82) is 0 Å². The Labute approximate surface area is 153 Å². The molecule has 134 valence electrons. The molecule has 0 spiro atoms. The third-order valence-electron chi connectivity index (χ3n) is 4.38.